The maximum atomic E-state index is 12.4. The number of cyclic esters (lactones) is 1. The van der Waals surface area contributed by atoms with Gasteiger partial charge < -0.3 is 4.74 Å². The molecule has 1 aliphatic heterocycles. The minimum absolute atomic E-state index is 0.0511. The van der Waals surface area contributed by atoms with Gasteiger partial charge in [-0.3, -0.25) is 13.9 Å². The molecule has 1 saturated heterocycles. The summed E-state index contributed by atoms with van der Waals surface area (Å²) in [6.07, 6.45) is -1.52. The Morgan fingerprint density at radius 3 is 2.84 bits per heavy atom. The number of benzene rings is 1. The maximum absolute atomic E-state index is 12.4. The minimum atomic E-state index is -4.22. The number of ketones is 1. The summed E-state index contributed by atoms with van der Waals surface area (Å²) in [4.78, 5) is 23.6. The summed E-state index contributed by atoms with van der Waals surface area (Å²) in [7, 11) is -4.22. The van der Waals surface area contributed by atoms with Crippen molar-refractivity contribution in [1.29, 1.82) is 0 Å². The standard InChI is InChI=1S/C13H12ClN3O7S/c1-7(18)4-17-5-8(23-13(17)19)6-22-25(20,21)10-3-2-9(14)11-12(10)16-24-15-11/h2-3,8H,4-6H2,1H3/t8-/m0/s1. The lowest BCUT2D eigenvalue weighted by Crippen LogP contribution is -2.31. The molecule has 1 aromatic carbocycles. The monoisotopic (exact) mass is 389 g/mol. The smallest absolute Gasteiger partial charge is 0.410 e. The van der Waals surface area contributed by atoms with Crippen LogP contribution in [0.2, 0.25) is 5.02 Å². The van der Waals surface area contributed by atoms with Crippen molar-refractivity contribution in [2.75, 3.05) is 19.7 Å². The number of ether oxygens (including phenoxy) is 1. The fourth-order valence-electron chi connectivity index (χ4n) is 2.30. The minimum Gasteiger partial charge on any atom is -0.442 e. The lowest BCUT2D eigenvalue weighted by molar-refractivity contribution is -0.117. The third-order valence-corrected chi connectivity index (χ3v) is 4.99. The Balaban J connectivity index is 1.72. The molecule has 0 unspecified atom stereocenters. The van der Waals surface area contributed by atoms with Crippen LogP contribution in [0.4, 0.5) is 4.79 Å². The average Bonchev–Trinajstić information content (AvgIpc) is 3.13. The van der Waals surface area contributed by atoms with Gasteiger partial charge in [0, 0.05) is 0 Å². The molecule has 2 aromatic rings. The Labute approximate surface area is 146 Å². The van der Waals surface area contributed by atoms with Crippen LogP contribution in [-0.4, -0.2) is 61.3 Å². The summed E-state index contributed by atoms with van der Waals surface area (Å²) >= 11 is 5.89. The van der Waals surface area contributed by atoms with Crippen molar-refractivity contribution >= 4 is 44.6 Å². The molecule has 0 radical (unpaired) electrons. The lowest BCUT2D eigenvalue weighted by Gasteiger charge is -2.11. The van der Waals surface area contributed by atoms with Gasteiger partial charge in [-0.15, -0.1) is 0 Å². The summed E-state index contributed by atoms with van der Waals surface area (Å²) in [5.74, 6) is -0.215. The van der Waals surface area contributed by atoms with Gasteiger partial charge in [-0.05, 0) is 29.4 Å². The highest BCUT2D eigenvalue weighted by atomic mass is 35.5. The molecule has 1 atom stereocenters. The highest BCUT2D eigenvalue weighted by Gasteiger charge is 2.34. The van der Waals surface area contributed by atoms with Crippen LogP contribution in [0.25, 0.3) is 11.0 Å². The second kappa shape index (κ2) is 6.58. The number of halogens is 1. The molecule has 12 heteroatoms. The molecule has 3 rings (SSSR count). The van der Waals surface area contributed by atoms with Crippen LogP contribution in [0.15, 0.2) is 21.7 Å². The average molecular weight is 390 g/mol. The Morgan fingerprint density at radius 2 is 2.12 bits per heavy atom. The van der Waals surface area contributed by atoms with Crippen molar-refractivity contribution in [1.82, 2.24) is 15.2 Å². The zero-order chi connectivity index (χ0) is 18.2. The lowest BCUT2D eigenvalue weighted by atomic mass is 10.3. The van der Waals surface area contributed by atoms with E-state index in [-0.39, 0.29) is 39.8 Å². The molecule has 1 fully saturated rings. The molecule has 1 aromatic heterocycles. The molecule has 0 spiro atoms. The van der Waals surface area contributed by atoms with Crippen molar-refractivity contribution in [3.8, 4) is 0 Å². The molecule has 0 N–H and O–H groups in total. The highest BCUT2D eigenvalue weighted by Crippen LogP contribution is 2.28. The van der Waals surface area contributed by atoms with Gasteiger partial charge in [-0.1, -0.05) is 11.6 Å². The number of carbonyl (C=O) groups is 2. The van der Waals surface area contributed by atoms with Crippen LogP contribution < -0.4 is 0 Å². The van der Waals surface area contributed by atoms with Gasteiger partial charge in [0.2, 0.25) is 0 Å². The zero-order valence-electron chi connectivity index (χ0n) is 12.8. The van der Waals surface area contributed by atoms with Crippen LogP contribution >= 0.6 is 11.6 Å². The molecule has 1 aliphatic rings. The van der Waals surface area contributed by atoms with Crippen LogP contribution in [-0.2, 0) is 23.8 Å². The summed E-state index contributed by atoms with van der Waals surface area (Å²) in [6.45, 7) is 0.872. The van der Waals surface area contributed by atoms with E-state index < -0.39 is 28.9 Å². The number of nitrogens with zero attached hydrogens (tertiary/aromatic N) is 3. The first-order chi connectivity index (χ1) is 11.8. The molecule has 25 heavy (non-hydrogen) atoms. The maximum Gasteiger partial charge on any atom is 0.410 e. The molecule has 0 aliphatic carbocycles. The van der Waals surface area contributed by atoms with Crippen molar-refractivity contribution < 1.29 is 31.6 Å². The normalized spacial score (nSPS) is 17.9. The second-order valence-corrected chi connectivity index (χ2v) is 7.32. The molecule has 1 amide bonds. The number of hydrogen-bond donors (Lipinski definition) is 0. The van der Waals surface area contributed by atoms with E-state index in [1.54, 1.807) is 0 Å². The summed E-state index contributed by atoms with van der Waals surface area (Å²) < 4.78 is 39.2. The largest absolute Gasteiger partial charge is 0.442 e. The number of aromatic nitrogens is 2. The highest BCUT2D eigenvalue weighted by molar-refractivity contribution is 7.87. The SMILES string of the molecule is CC(=O)CN1C[C@@H](COS(=O)(=O)c2ccc(Cl)c3nonc23)OC1=O. The Morgan fingerprint density at radius 1 is 1.40 bits per heavy atom. The topological polar surface area (TPSA) is 129 Å². The predicted octanol–water partition coefficient (Wildman–Crippen LogP) is 0.991. The van der Waals surface area contributed by atoms with E-state index in [0.717, 1.165) is 0 Å². The Hall–Kier alpha value is -2.24. The van der Waals surface area contributed by atoms with Crippen molar-refractivity contribution in [3.63, 3.8) is 0 Å². The van der Waals surface area contributed by atoms with Gasteiger partial charge in [-0.2, -0.15) is 8.42 Å². The number of amides is 1. The first-order valence-corrected chi connectivity index (χ1v) is 8.82. The molecule has 10 nitrogen and oxygen atoms in total. The van der Waals surface area contributed by atoms with E-state index in [1.165, 1.54) is 24.0 Å². The van der Waals surface area contributed by atoms with Crippen LogP contribution in [0.1, 0.15) is 6.92 Å². The molecule has 134 valence electrons. The predicted molar refractivity (Wildman–Crippen MR) is 82.5 cm³/mol. The Bertz CT molecular complexity index is 942. The number of carbonyl (C=O) groups excluding carboxylic acids is 2. The van der Waals surface area contributed by atoms with E-state index in [4.69, 9.17) is 20.5 Å². The summed E-state index contributed by atoms with van der Waals surface area (Å²) in [6, 6.07) is 2.54. The van der Waals surface area contributed by atoms with Crippen molar-refractivity contribution in [2.24, 2.45) is 0 Å². The number of hydrogen-bond acceptors (Lipinski definition) is 9. The van der Waals surface area contributed by atoms with Gasteiger partial charge >= 0.3 is 6.09 Å². The number of Topliss-reactive ketones (excluding diaryl/α,β-unsaturated/α-hetero) is 1. The van der Waals surface area contributed by atoms with Crippen molar-refractivity contribution in [3.05, 3.63) is 17.2 Å². The van der Waals surface area contributed by atoms with Gasteiger partial charge in [0.1, 0.15) is 23.4 Å². The van der Waals surface area contributed by atoms with E-state index in [2.05, 4.69) is 14.9 Å². The molecular formula is C13H12ClN3O7S. The zero-order valence-corrected chi connectivity index (χ0v) is 14.4. The molecule has 0 saturated carbocycles. The van der Waals surface area contributed by atoms with Gasteiger partial charge in [0.25, 0.3) is 10.1 Å². The van der Waals surface area contributed by atoms with E-state index in [0.29, 0.717) is 0 Å². The van der Waals surface area contributed by atoms with Gasteiger partial charge in [0.05, 0.1) is 18.1 Å². The molecular weight excluding hydrogens is 378 g/mol. The third-order valence-electron chi connectivity index (χ3n) is 3.37. The molecule has 2 heterocycles. The van der Waals surface area contributed by atoms with Crippen LogP contribution in [0.5, 0.6) is 0 Å². The fourth-order valence-corrected chi connectivity index (χ4v) is 3.55. The van der Waals surface area contributed by atoms with E-state index in [1.807, 2.05) is 0 Å². The number of rotatable bonds is 6. The fraction of sp³-hybridized carbons (Fsp3) is 0.385. The van der Waals surface area contributed by atoms with Crippen LogP contribution in [0, 0.1) is 0 Å². The van der Waals surface area contributed by atoms with E-state index in [9.17, 15) is 18.0 Å². The first-order valence-electron chi connectivity index (χ1n) is 7.03. The van der Waals surface area contributed by atoms with Crippen LogP contribution in [0.3, 0.4) is 0 Å². The summed E-state index contributed by atoms with van der Waals surface area (Å²) in [5, 5.41) is 7.23. The van der Waals surface area contributed by atoms with Gasteiger partial charge in [0.15, 0.2) is 11.0 Å². The van der Waals surface area contributed by atoms with Crippen molar-refractivity contribution in [2.45, 2.75) is 17.9 Å². The van der Waals surface area contributed by atoms with E-state index >= 15 is 0 Å². The molecule has 0 bridgehead atoms. The first kappa shape index (κ1) is 17.6. The summed E-state index contributed by atoms with van der Waals surface area (Å²) in [5.41, 5.74) is 0.0281. The number of fused-ring (bicyclic) bond motifs is 1. The Kier molecular flexibility index (Phi) is 4.62. The quantitative estimate of drug-likeness (QED) is 0.664. The third kappa shape index (κ3) is 3.57. The second-order valence-electron chi connectivity index (χ2n) is 5.33. The van der Waals surface area contributed by atoms with Gasteiger partial charge in [-0.25, -0.2) is 9.42 Å².